The standard InChI is InChI=1S/C16H21N5/c1-11-5-3-4-6-13(11)10-21(2)15-9-14(20-17)18-16(19-15)12-7-8-12/h3-6,9,12H,7-8,10,17H2,1-2H3,(H,18,19,20). The maximum atomic E-state index is 5.53. The number of nitrogens with zero attached hydrogens (tertiary/aromatic N) is 3. The second-order valence-electron chi connectivity index (χ2n) is 5.67. The van der Waals surface area contributed by atoms with Gasteiger partial charge in [-0.3, -0.25) is 0 Å². The highest BCUT2D eigenvalue weighted by Crippen LogP contribution is 2.39. The summed E-state index contributed by atoms with van der Waals surface area (Å²) in [6, 6.07) is 10.3. The summed E-state index contributed by atoms with van der Waals surface area (Å²) >= 11 is 0. The number of nitrogens with two attached hydrogens (primary N) is 1. The summed E-state index contributed by atoms with van der Waals surface area (Å²) in [5.74, 6) is 8.51. The van der Waals surface area contributed by atoms with Gasteiger partial charge in [-0.05, 0) is 30.9 Å². The van der Waals surface area contributed by atoms with Gasteiger partial charge in [-0.25, -0.2) is 15.8 Å². The summed E-state index contributed by atoms with van der Waals surface area (Å²) in [7, 11) is 2.05. The van der Waals surface area contributed by atoms with Crippen LogP contribution in [0.3, 0.4) is 0 Å². The molecule has 1 aliphatic carbocycles. The molecule has 1 saturated carbocycles. The molecular formula is C16H21N5. The average molecular weight is 283 g/mol. The third-order valence-corrected chi connectivity index (χ3v) is 3.88. The minimum atomic E-state index is 0.504. The first-order chi connectivity index (χ1) is 10.2. The van der Waals surface area contributed by atoms with Crippen molar-refractivity contribution in [3.05, 3.63) is 47.3 Å². The van der Waals surface area contributed by atoms with Crippen LogP contribution in [0.5, 0.6) is 0 Å². The highest BCUT2D eigenvalue weighted by molar-refractivity contribution is 5.49. The van der Waals surface area contributed by atoms with Crippen molar-refractivity contribution in [1.82, 2.24) is 9.97 Å². The monoisotopic (exact) mass is 283 g/mol. The van der Waals surface area contributed by atoms with Crippen LogP contribution in [0.4, 0.5) is 11.6 Å². The van der Waals surface area contributed by atoms with Crippen molar-refractivity contribution in [3.63, 3.8) is 0 Å². The first-order valence-electron chi connectivity index (χ1n) is 7.28. The van der Waals surface area contributed by atoms with Crippen molar-refractivity contribution in [2.45, 2.75) is 32.2 Å². The van der Waals surface area contributed by atoms with Crippen LogP contribution in [0.2, 0.25) is 0 Å². The van der Waals surface area contributed by atoms with Crippen molar-refractivity contribution < 1.29 is 0 Å². The van der Waals surface area contributed by atoms with Crippen molar-refractivity contribution >= 4 is 11.6 Å². The number of hydrogen-bond donors (Lipinski definition) is 2. The Labute approximate surface area is 125 Å². The summed E-state index contributed by atoms with van der Waals surface area (Å²) in [6.07, 6.45) is 2.35. The molecule has 3 rings (SSSR count). The number of hydrogen-bond acceptors (Lipinski definition) is 5. The van der Waals surface area contributed by atoms with Gasteiger partial charge < -0.3 is 10.3 Å². The van der Waals surface area contributed by atoms with E-state index in [0.29, 0.717) is 11.7 Å². The molecule has 0 aliphatic heterocycles. The topological polar surface area (TPSA) is 67.1 Å². The third kappa shape index (κ3) is 3.13. The molecule has 0 atom stereocenters. The van der Waals surface area contributed by atoms with Gasteiger partial charge in [0.05, 0.1) is 0 Å². The molecule has 1 aromatic heterocycles. The molecule has 2 aromatic rings. The number of aryl methyl sites for hydroxylation is 1. The number of rotatable bonds is 5. The summed E-state index contributed by atoms with van der Waals surface area (Å²) in [5.41, 5.74) is 5.23. The van der Waals surface area contributed by atoms with Crippen molar-refractivity contribution in [2.24, 2.45) is 5.84 Å². The van der Waals surface area contributed by atoms with E-state index in [1.807, 2.05) is 13.1 Å². The Morgan fingerprint density at radius 2 is 2.05 bits per heavy atom. The quantitative estimate of drug-likeness (QED) is 0.652. The minimum Gasteiger partial charge on any atom is -0.355 e. The highest BCUT2D eigenvalue weighted by atomic mass is 15.3. The van der Waals surface area contributed by atoms with E-state index in [2.05, 4.69) is 51.5 Å². The van der Waals surface area contributed by atoms with Crippen LogP contribution in [0, 0.1) is 6.92 Å². The van der Waals surface area contributed by atoms with Crippen LogP contribution < -0.4 is 16.2 Å². The molecule has 5 heteroatoms. The van der Waals surface area contributed by atoms with Crippen LogP contribution in [0.25, 0.3) is 0 Å². The second-order valence-corrected chi connectivity index (χ2v) is 5.67. The Hall–Kier alpha value is -2.14. The van der Waals surface area contributed by atoms with E-state index >= 15 is 0 Å². The molecule has 5 nitrogen and oxygen atoms in total. The fourth-order valence-electron chi connectivity index (χ4n) is 2.37. The third-order valence-electron chi connectivity index (χ3n) is 3.88. The van der Waals surface area contributed by atoms with E-state index in [-0.39, 0.29) is 0 Å². The molecule has 0 unspecified atom stereocenters. The number of nitrogens with one attached hydrogen (secondary N) is 1. The maximum Gasteiger partial charge on any atom is 0.145 e. The zero-order chi connectivity index (χ0) is 14.8. The average Bonchev–Trinajstić information content (AvgIpc) is 3.34. The van der Waals surface area contributed by atoms with E-state index in [1.165, 1.54) is 24.0 Å². The van der Waals surface area contributed by atoms with Gasteiger partial charge >= 0.3 is 0 Å². The Morgan fingerprint density at radius 1 is 1.29 bits per heavy atom. The smallest absolute Gasteiger partial charge is 0.145 e. The van der Waals surface area contributed by atoms with E-state index in [1.54, 1.807) is 0 Å². The molecule has 1 aliphatic rings. The van der Waals surface area contributed by atoms with Crippen LogP contribution in [-0.4, -0.2) is 17.0 Å². The lowest BCUT2D eigenvalue weighted by Gasteiger charge is -2.20. The predicted molar refractivity (Wildman–Crippen MR) is 85.1 cm³/mol. The van der Waals surface area contributed by atoms with E-state index < -0.39 is 0 Å². The normalized spacial score (nSPS) is 14.0. The fraction of sp³-hybridized carbons (Fsp3) is 0.375. The summed E-state index contributed by atoms with van der Waals surface area (Å²) in [6.45, 7) is 2.95. The Kier molecular flexibility index (Phi) is 3.75. The fourth-order valence-corrected chi connectivity index (χ4v) is 2.37. The van der Waals surface area contributed by atoms with Gasteiger partial charge in [-0.2, -0.15) is 0 Å². The van der Waals surface area contributed by atoms with Crippen LogP contribution in [0.15, 0.2) is 30.3 Å². The predicted octanol–water partition coefficient (Wildman–Crippen LogP) is 2.58. The molecule has 1 fully saturated rings. The second kappa shape index (κ2) is 5.69. The molecule has 0 bridgehead atoms. The summed E-state index contributed by atoms with van der Waals surface area (Å²) in [4.78, 5) is 11.3. The van der Waals surface area contributed by atoms with E-state index in [0.717, 1.165) is 18.2 Å². The van der Waals surface area contributed by atoms with E-state index in [4.69, 9.17) is 5.84 Å². The first kappa shape index (κ1) is 13.8. The van der Waals surface area contributed by atoms with Crippen molar-refractivity contribution in [1.29, 1.82) is 0 Å². The summed E-state index contributed by atoms with van der Waals surface area (Å²) in [5, 5.41) is 0. The van der Waals surface area contributed by atoms with Crippen LogP contribution in [-0.2, 0) is 6.54 Å². The van der Waals surface area contributed by atoms with Gasteiger partial charge in [0.2, 0.25) is 0 Å². The first-order valence-corrected chi connectivity index (χ1v) is 7.28. The molecular weight excluding hydrogens is 262 g/mol. The van der Waals surface area contributed by atoms with Gasteiger partial charge in [-0.15, -0.1) is 0 Å². The number of aromatic nitrogens is 2. The largest absolute Gasteiger partial charge is 0.355 e. The van der Waals surface area contributed by atoms with Gasteiger partial charge in [0.15, 0.2) is 0 Å². The Balaban J connectivity index is 1.85. The maximum absolute atomic E-state index is 5.53. The lowest BCUT2D eigenvalue weighted by Crippen LogP contribution is -2.20. The molecule has 0 spiro atoms. The van der Waals surface area contributed by atoms with Crippen LogP contribution in [0.1, 0.15) is 35.7 Å². The zero-order valence-corrected chi connectivity index (χ0v) is 12.5. The SMILES string of the molecule is Cc1ccccc1CN(C)c1cc(NN)nc(C2CC2)n1. The molecule has 0 radical (unpaired) electrons. The lowest BCUT2D eigenvalue weighted by molar-refractivity contribution is 0.851. The van der Waals surface area contributed by atoms with Gasteiger partial charge in [-0.1, -0.05) is 24.3 Å². The van der Waals surface area contributed by atoms with Crippen LogP contribution >= 0.6 is 0 Å². The molecule has 0 saturated heterocycles. The van der Waals surface area contributed by atoms with Crippen molar-refractivity contribution in [2.75, 3.05) is 17.4 Å². The Morgan fingerprint density at radius 3 is 2.71 bits per heavy atom. The van der Waals surface area contributed by atoms with Gasteiger partial charge in [0.25, 0.3) is 0 Å². The van der Waals surface area contributed by atoms with E-state index in [9.17, 15) is 0 Å². The number of benzene rings is 1. The summed E-state index contributed by atoms with van der Waals surface area (Å²) < 4.78 is 0. The Bertz CT molecular complexity index is 636. The number of hydrazine groups is 1. The molecule has 1 heterocycles. The molecule has 21 heavy (non-hydrogen) atoms. The van der Waals surface area contributed by atoms with Gasteiger partial charge in [0.1, 0.15) is 17.5 Å². The number of nitrogen functional groups attached to an aromatic ring is 1. The number of anilines is 2. The van der Waals surface area contributed by atoms with Gasteiger partial charge in [0, 0.05) is 25.6 Å². The molecule has 1 aromatic carbocycles. The molecule has 0 amide bonds. The molecule has 3 N–H and O–H groups in total. The lowest BCUT2D eigenvalue weighted by atomic mass is 10.1. The zero-order valence-electron chi connectivity index (χ0n) is 12.5. The highest BCUT2D eigenvalue weighted by Gasteiger charge is 2.27. The molecule has 110 valence electrons. The minimum absolute atomic E-state index is 0.504. The van der Waals surface area contributed by atoms with Crippen molar-refractivity contribution in [3.8, 4) is 0 Å².